The highest BCUT2D eigenvalue weighted by atomic mass is 28.4. The van der Waals surface area contributed by atoms with Gasteiger partial charge in [0.25, 0.3) is 0 Å². The lowest BCUT2D eigenvalue weighted by atomic mass is 9.82. The Labute approximate surface area is 94.5 Å². The first-order valence-corrected chi connectivity index (χ1v) is 8.29. The maximum absolute atomic E-state index is 6.02. The molecule has 0 spiro atoms. The molecule has 0 heterocycles. The molecule has 15 heavy (non-hydrogen) atoms. The molecular formula is C11H24O3Si. The maximum Gasteiger partial charge on any atom is 0.497 e. The third kappa shape index (κ3) is 3.87. The van der Waals surface area contributed by atoms with E-state index in [2.05, 4.69) is 6.92 Å². The summed E-state index contributed by atoms with van der Waals surface area (Å²) in [6.07, 6.45) is 4.22. The Morgan fingerprint density at radius 1 is 1.20 bits per heavy atom. The van der Waals surface area contributed by atoms with Crippen molar-refractivity contribution >= 4 is 8.80 Å². The molecule has 0 aromatic rings. The van der Waals surface area contributed by atoms with E-state index in [1.807, 2.05) is 20.4 Å². The molecule has 1 rings (SSSR count). The molecule has 0 bridgehead atoms. The Morgan fingerprint density at radius 3 is 2.07 bits per heavy atom. The SMILES string of the molecule is CCO[Si](C)(OCC)OC(C)C1CCC1. The van der Waals surface area contributed by atoms with Crippen LogP contribution in [0.3, 0.4) is 0 Å². The van der Waals surface area contributed by atoms with Crippen molar-refractivity contribution in [3.8, 4) is 0 Å². The zero-order valence-electron chi connectivity index (χ0n) is 10.4. The van der Waals surface area contributed by atoms with Gasteiger partial charge in [-0.05, 0) is 39.5 Å². The normalized spacial score (nSPS) is 20.0. The van der Waals surface area contributed by atoms with E-state index in [1.54, 1.807) is 0 Å². The molecule has 1 saturated carbocycles. The minimum absolute atomic E-state index is 0.286. The van der Waals surface area contributed by atoms with Crippen LogP contribution in [-0.2, 0) is 13.3 Å². The van der Waals surface area contributed by atoms with Gasteiger partial charge in [0.2, 0.25) is 0 Å². The van der Waals surface area contributed by atoms with Crippen molar-refractivity contribution in [2.45, 2.75) is 52.7 Å². The van der Waals surface area contributed by atoms with E-state index in [0.717, 1.165) is 5.92 Å². The molecule has 1 unspecified atom stereocenters. The summed E-state index contributed by atoms with van der Waals surface area (Å²) in [6.45, 7) is 9.45. The molecule has 0 aromatic carbocycles. The average molecular weight is 232 g/mol. The summed E-state index contributed by atoms with van der Waals surface area (Å²) < 4.78 is 17.3. The molecule has 3 nitrogen and oxygen atoms in total. The van der Waals surface area contributed by atoms with Gasteiger partial charge in [-0.25, -0.2) is 0 Å². The topological polar surface area (TPSA) is 27.7 Å². The van der Waals surface area contributed by atoms with Crippen molar-refractivity contribution in [1.29, 1.82) is 0 Å². The van der Waals surface area contributed by atoms with Crippen LogP contribution in [-0.4, -0.2) is 28.1 Å². The second kappa shape index (κ2) is 5.99. The monoisotopic (exact) mass is 232 g/mol. The van der Waals surface area contributed by atoms with Crippen LogP contribution in [0, 0.1) is 5.92 Å². The van der Waals surface area contributed by atoms with Crippen LogP contribution in [0.4, 0.5) is 0 Å². The van der Waals surface area contributed by atoms with Crippen LogP contribution in [0.25, 0.3) is 0 Å². The molecule has 1 aliphatic rings. The average Bonchev–Trinajstić information content (AvgIpc) is 1.99. The van der Waals surface area contributed by atoms with E-state index in [4.69, 9.17) is 13.3 Å². The lowest BCUT2D eigenvalue weighted by Crippen LogP contribution is -2.47. The van der Waals surface area contributed by atoms with Gasteiger partial charge in [0.05, 0.1) is 0 Å². The first-order chi connectivity index (χ1) is 7.11. The summed E-state index contributed by atoms with van der Waals surface area (Å²) in [5, 5.41) is 0. The largest absolute Gasteiger partial charge is 0.497 e. The third-order valence-electron chi connectivity index (χ3n) is 3.03. The minimum atomic E-state index is -2.36. The molecule has 1 fully saturated rings. The molecule has 0 aliphatic heterocycles. The molecule has 0 radical (unpaired) electrons. The highest BCUT2D eigenvalue weighted by Crippen LogP contribution is 2.32. The van der Waals surface area contributed by atoms with Crippen molar-refractivity contribution in [2.24, 2.45) is 5.92 Å². The first kappa shape index (κ1) is 13.2. The van der Waals surface area contributed by atoms with Gasteiger partial charge in [0.15, 0.2) is 0 Å². The Morgan fingerprint density at radius 2 is 1.73 bits per heavy atom. The minimum Gasteiger partial charge on any atom is -0.374 e. The van der Waals surface area contributed by atoms with Gasteiger partial charge in [-0.3, -0.25) is 0 Å². The fourth-order valence-electron chi connectivity index (χ4n) is 1.98. The van der Waals surface area contributed by atoms with E-state index in [1.165, 1.54) is 19.3 Å². The molecule has 0 saturated heterocycles. The quantitative estimate of drug-likeness (QED) is 0.632. The van der Waals surface area contributed by atoms with Gasteiger partial charge in [-0.15, -0.1) is 0 Å². The van der Waals surface area contributed by atoms with Crippen LogP contribution < -0.4 is 0 Å². The number of rotatable bonds is 7. The first-order valence-electron chi connectivity index (χ1n) is 6.07. The van der Waals surface area contributed by atoms with Crippen molar-refractivity contribution in [3.63, 3.8) is 0 Å². The van der Waals surface area contributed by atoms with Gasteiger partial charge in [0, 0.05) is 25.9 Å². The zero-order valence-corrected chi connectivity index (χ0v) is 11.4. The lowest BCUT2D eigenvalue weighted by Gasteiger charge is -2.36. The van der Waals surface area contributed by atoms with Crippen molar-refractivity contribution in [2.75, 3.05) is 13.2 Å². The van der Waals surface area contributed by atoms with Gasteiger partial charge in [-0.1, -0.05) is 6.42 Å². The summed E-state index contributed by atoms with van der Waals surface area (Å²) in [6, 6.07) is 0. The molecule has 0 aromatic heterocycles. The third-order valence-corrected chi connectivity index (χ3v) is 5.45. The molecular weight excluding hydrogens is 208 g/mol. The van der Waals surface area contributed by atoms with Crippen molar-refractivity contribution in [3.05, 3.63) is 0 Å². The van der Waals surface area contributed by atoms with Gasteiger partial charge in [-0.2, -0.15) is 0 Å². The van der Waals surface area contributed by atoms with Crippen LogP contribution in [0.5, 0.6) is 0 Å². The number of hydrogen-bond acceptors (Lipinski definition) is 3. The molecule has 4 heteroatoms. The van der Waals surface area contributed by atoms with Crippen LogP contribution in [0.1, 0.15) is 40.0 Å². The van der Waals surface area contributed by atoms with Crippen LogP contribution >= 0.6 is 0 Å². The summed E-state index contributed by atoms with van der Waals surface area (Å²) in [5.74, 6) is 0.720. The van der Waals surface area contributed by atoms with Gasteiger partial charge >= 0.3 is 8.80 Å². The Hall–Kier alpha value is 0.0969. The zero-order chi connectivity index (χ0) is 11.3. The molecule has 90 valence electrons. The summed E-state index contributed by atoms with van der Waals surface area (Å²) in [4.78, 5) is 0. The standard InChI is InChI=1S/C11H24O3Si/c1-5-12-15(4,13-6-2)14-10(3)11-8-7-9-11/h10-11H,5-9H2,1-4H3. The second-order valence-electron chi connectivity index (χ2n) is 4.24. The molecule has 0 amide bonds. The van der Waals surface area contributed by atoms with Crippen LogP contribution in [0.2, 0.25) is 6.55 Å². The van der Waals surface area contributed by atoms with E-state index >= 15 is 0 Å². The summed E-state index contributed by atoms with van der Waals surface area (Å²) in [5.41, 5.74) is 0. The van der Waals surface area contributed by atoms with Gasteiger partial charge in [0.1, 0.15) is 0 Å². The van der Waals surface area contributed by atoms with E-state index in [-0.39, 0.29) is 6.10 Å². The Kier molecular flexibility index (Phi) is 5.25. The summed E-state index contributed by atoms with van der Waals surface area (Å²) >= 11 is 0. The van der Waals surface area contributed by atoms with E-state index in [0.29, 0.717) is 13.2 Å². The summed E-state index contributed by atoms with van der Waals surface area (Å²) in [7, 11) is -2.36. The highest BCUT2D eigenvalue weighted by molar-refractivity contribution is 6.59. The Balaban J connectivity index is 2.40. The predicted molar refractivity (Wildman–Crippen MR) is 62.8 cm³/mol. The number of hydrogen-bond donors (Lipinski definition) is 0. The fourth-order valence-corrected chi connectivity index (χ4v) is 4.11. The van der Waals surface area contributed by atoms with Crippen molar-refractivity contribution in [1.82, 2.24) is 0 Å². The molecule has 0 N–H and O–H groups in total. The second-order valence-corrected chi connectivity index (χ2v) is 6.78. The predicted octanol–water partition coefficient (Wildman–Crippen LogP) is 2.83. The maximum atomic E-state index is 6.02. The smallest absolute Gasteiger partial charge is 0.374 e. The van der Waals surface area contributed by atoms with Crippen LogP contribution in [0.15, 0.2) is 0 Å². The van der Waals surface area contributed by atoms with Gasteiger partial charge < -0.3 is 13.3 Å². The van der Waals surface area contributed by atoms with Crippen molar-refractivity contribution < 1.29 is 13.3 Å². The van der Waals surface area contributed by atoms with E-state index < -0.39 is 8.80 Å². The molecule has 1 aliphatic carbocycles. The Bertz CT molecular complexity index is 177. The molecule has 1 atom stereocenters. The lowest BCUT2D eigenvalue weighted by molar-refractivity contribution is 0.00451. The van der Waals surface area contributed by atoms with E-state index in [9.17, 15) is 0 Å². The fraction of sp³-hybridized carbons (Fsp3) is 1.00. The highest BCUT2D eigenvalue weighted by Gasteiger charge is 2.38.